The van der Waals surface area contributed by atoms with E-state index in [-0.39, 0.29) is 17.7 Å². The summed E-state index contributed by atoms with van der Waals surface area (Å²) in [5.74, 6) is 1.72. The highest BCUT2D eigenvalue weighted by atomic mass is 32.2. The van der Waals surface area contributed by atoms with Crippen molar-refractivity contribution in [2.45, 2.75) is 18.7 Å². The predicted octanol–water partition coefficient (Wildman–Crippen LogP) is 0.632. The van der Waals surface area contributed by atoms with Crippen LogP contribution in [-0.2, 0) is 20.6 Å². The van der Waals surface area contributed by atoms with Crippen molar-refractivity contribution in [3.63, 3.8) is 0 Å². The van der Waals surface area contributed by atoms with Crippen molar-refractivity contribution in [2.24, 2.45) is 0 Å². The van der Waals surface area contributed by atoms with Gasteiger partial charge in [-0.15, -0.1) is 11.8 Å². The maximum Gasteiger partial charge on any atom is 0.240 e. The lowest BCUT2D eigenvalue weighted by Gasteiger charge is -2.35. The van der Waals surface area contributed by atoms with E-state index in [1.54, 1.807) is 16.7 Å². The average Bonchev–Trinajstić information content (AvgIpc) is 3.11. The van der Waals surface area contributed by atoms with Gasteiger partial charge in [0.15, 0.2) is 0 Å². The first kappa shape index (κ1) is 17.7. The second kappa shape index (κ2) is 7.43. The van der Waals surface area contributed by atoms with E-state index in [4.69, 9.17) is 0 Å². The number of nitrogens with one attached hydrogen (secondary N) is 1. The third-order valence-corrected chi connectivity index (χ3v) is 7.32. The molecule has 2 heterocycles. The Hall–Kier alpha value is -1.09. The van der Waals surface area contributed by atoms with E-state index in [0.29, 0.717) is 26.2 Å². The second-order valence-electron chi connectivity index (χ2n) is 6.18. The van der Waals surface area contributed by atoms with Gasteiger partial charge < -0.3 is 4.90 Å². The van der Waals surface area contributed by atoms with Gasteiger partial charge in [0.05, 0.1) is 11.8 Å². The molecule has 0 aliphatic carbocycles. The van der Waals surface area contributed by atoms with Crippen LogP contribution >= 0.6 is 11.8 Å². The van der Waals surface area contributed by atoms with Crippen molar-refractivity contribution in [1.29, 1.82) is 0 Å². The van der Waals surface area contributed by atoms with Gasteiger partial charge in [-0.1, -0.05) is 24.3 Å². The summed E-state index contributed by atoms with van der Waals surface area (Å²) in [7, 11) is -3.35. The van der Waals surface area contributed by atoms with E-state index in [1.165, 1.54) is 4.31 Å². The summed E-state index contributed by atoms with van der Waals surface area (Å²) in [6, 6.07) is 7.43. The van der Waals surface area contributed by atoms with Crippen LogP contribution in [0.4, 0.5) is 0 Å². The highest BCUT2D eigenvalue weighted by Crippen LogP contribution is 2.18. The SMILES string of the molecule is Cc1ccccc1CS(=O)(=O)N1CCN(C(=O)C2CSCN2)CC1. The van der Waals surface area contributed by atoms with Crippen LogP contribution in [0.1, 0.15) is 11.1 Å². The average molecular weight is 370 g/mol. The van der Waals surface area contributed by atoms with E-state index >= 15 is 0 Å². The van der Waals surface area contributed by atoms with Crippen molar-refractivity contribution in [1.82, 2.24) is 14.5 Å². The molecule has 1 atom stereocenters. The zero-order valence-electron chi connectivity index (χ0n) is 13.8. The lowest BCUT2D eigenvalue weighted by atomic mass is 10.1. The van der Waals surface area contributed by atoms with Crippen molar-refractivity contribution in [2.75, 3.05) is 37.8 Å². The highest BCUT2D eigenvalue weighted by Gasteiger charge is 2.32. The van der Waals surface area contributed by atoms with Crippen molar-refractivity contribution < 1.29 is 13.2 Å². The second-order valence-corrected chi connectivity index (χ2v) is 9.18. The fraction of sp³-hybridized carbons (Fsp3) is 0.562. The number of thioether (sulfide) groups is 1. The highest BCUT2D eigenvalue weighted by molar-refractivity contribution is 7.99. The molecule has 2 aliphatic heterocycles. The molecule has 2 fully saturated rings. The zero-order valence-corrected chi connectivity index (χ0v) is 15.4. The number of hydrogen-bond donors (Lipinski definition) is 1. The smallest absolute Gasteiger partial charge is 0.240 e. The van der Waals surface area contributed by atoms with Crippen molar-refractivity contribution >= 4 is 27.7 Å². The quantitative estimate of drug-likeness (QED) is 0.843. The van der Waals surface area contributed by atoms with Crippen LogP contribution in [0.25, 0.3) is 0 Å². The van der Waals surface area contributed by atoms with Gasteiger partial charge in [-0.25, -0.2) is 8.42 Å². The van der Waals surface area contributed by atoms with Gasteiger partial charge in [-0.2, -0.15) is 4.31 Å². The summed E-state index contributed by atoms with van der Waals surface area (Å²) in [4.78, 5) is 14.2. The zero-order chi connectivity index (χ0) is 17.2. The molecule has 1 N–H and O–H groups in total. The number of benzene rings is 1. The molecule has 8 heteroatoms. The van der Waals surface area contributed by atoms with Crippen LogP contribution in [0.2, 0.25) is 0 Å². The molecule has 2 saturated heterocycles. The molecular formula is C16H23N3O3S2. The Labute approximate surface area is 147 Å². The monoisotopic (exact) mass is 369 g/mol. The summed E-state index contributed by atoms with van der Waals surface area (Å²) in [5, 5.41) is 3.17. The van der Waals surface area contributed by atoms with E-state index in [1.807, 2.05) is 31.2 Å². The van der Waals surface area contributed by atoms with Gasteiger partial charge in [0.25, 0.3) is 0 Å². The van der Waals surface area contributed by atoms with Crippen LogP contribution in [0, 0.1) is 6.92 Å². The number of rotatable bonds is 4. The summed E-state index contributed by atoms with van der Waals surface area (Å²) in [6.45, 7) is 3.61. The standard InChI is InChI=1S/C16H23N3O3S2/c1-13-4-2-3-5-14(13)11-24(21,22)19-8-6-18(7-9-19)16(20)15-10-23-12-17-15/h2-5,15,17H,6-12H2,1H3. The fourth-order valence-electron chi connectivity index (χ4n) is 3.02. The third kappa shape index (κ3) is 3.93. The Morgan fingerprint density at radius 1 is 1.25 bits per heavy atom. The van der Waals surface area contributed by atoms with Gasteiger partial charge in [0.1, 0.15) is 0 Å². The first-order chi connectivity index (χ1) is 11.5. The molecule has 0 bridgehead atoms. The predicted molar refractivity (Wildman–Crippen MR) is 96.2 cm³/mol. The molecule has 132 valence electrons. The van der Waals surface area contributed by atoms with E-state index in [2.05, 4.69) is 5.32 Å². The van der Waals surface area contributed by atoms with Gasteiger partial charge in [0, 0.05) is 37.8 Å². The Morgan fingerprint density at radius 2 is 1.96 bits per heavy atom. The number of carbonyl (C=O) groups is 1. The largest absolute Gasteiger partial charge is 0.339 e. The minimum absolute atomic E-state index is 0.0223. The molecule has 1 amide bonds. The topological polar surface area (TPSA) is 69.7 Å². The molecule has 1 unspecified atom stereocenters. The molecule has 0 aromatic heterocycles. The number of hydrogen-bond acceptors (Lipinski definition) is 5. The van der Waals surface area contributed by atoms with Gasteiger partial charge in [-0.3, -0.25) is 10.1 Å². The maximum absolute atomic E-state index is 12.6. The minimum atomic E-state index is -3.35. The summed E-state index contributed by atoms with van der Waals surface area (Å²) in [6.07, 6.45) is 0. The van der Waals surface area contributed by atoms with E-state index in [0.717, 1.165) is 22.8 Å². The Kier molecular flexibility index (Phi) is 5.49. The number of aryl methyl sites for hydroxylation is 1. The molecule has 0 spiro atoms. The molecule has 6 nitrogen and oxygen atoms in total. The molecule has 3 rings (SSSR count). The number of amides is 1. The maximum atomic E-state index is 12.6. The summed E-state index contributed by atoms with van der Waals surface area (Å²) in [5.41, 5.74) is 1.82. The van der Waals surface area contributed by atoms with Crippen molar-refractivity contribution in [3.05, 3.63) is 35.4 Å². The normalized spacial score (nSPS) is 22.7. The lowest BCUT2D eigenvalue weighted by molar-refractivity contribution is -0.133. The number of sulfonamides is 1. The van der Waals surface area contributed by atoms with Crippen LogP contribution in [0.15, 0.2) is 24.3 Å². The van der Waals surface area contributed by atoms with Gasteiger partial charge in [-0.05, 0) is 18.1 Å². The van der Waals surface area contributed by atoms with Crippen LogP contribution in [-0.4, -0.2) is 67.4 Å². The Morgan fingerprint density at radius 3 is 2.58 bits per heavy atom. The fourth-order valence-corrected chi connectivity index (χ4v) is 5.57. The lowest BCUT2D eigenvalue weighted by Crippen LogP contribution is -2.54. The first-order valence-electron chi connectivity index (χ1n) is 8.09. The third-order valence-electron chi connectivity index (χ3n) is 4.56. The molecule has 1 aromatic rings. The van der Waals surface area contributed by atoms with Crippen LogP contribution in [0.3, 0.4) is 0 Å². The van der Waals surface area contributed by atoms with Crippen LogP contribution < -0.4 is 5.32 Å². The molecule has 2 aliphatic rings. The first-order valence-corrected chi connectivity index (χ1v) is 10.9. The molecular weight excluding hydrogens is 346 g/mol. The Balaban J connectivity index is 1.59. The van der Waals surface area contributed by atoms with Crippen LogP contribution in [0.5, 0.6) is 0 Å². The van der Waals surface area contributed by atoms with Crippen molar-refractivity contribution in [3.8, 4) is 0 Å². The van der Waals surface area contributed by atoms with E-state index < -0.39 is 10.0 Å². The summed E-state index contributed by atoms with van der Waals surface area (Å²) >= 11 is 1.72. The minimum Gasteiger partial charge on any atom is -0.339 e. The molecule has 0 saturated carbocycles. The molecule has 0 radical (unpaired) electrons. The molecule has 24 heavy (non-hydrogen) atoms. The number of piperazine rings is 1. The Bertz CT molecular complexity index is 694. The van der Waals surface area contributed by atoms with Gasteiger partial charge in [0.2, 0.25) is 15.9 Å². The van der Waals surface area contributed by atoms with Gasteiger partial charge >= 0.3 is 0 Å². The number of carbonyl (C=O) groups excluding carboxylic acids is 1. The number of nitrogens with zero attached hydrogens (tertiary/aromatic N) is 2. The molecule has 1 aromatic carbocycles. The van der Waals surface area contributed by atoms with E-state index in [9.17, 15) is 13.2 Å². The summed E-state index contributed by atoms with van der Waals surface area (Å²) < 4.78 is 26.8.